The van der Waals surface area contributed by atoms with Crippen LogP contribution in [0, 0.1) is 17.8 Å². The smallest absolute Gasteiger partial charge is 0.346 e. The minimum atomic E-state index is -0.747. The van der Waals surface area contributed by atoms with E-state index in [4.69, 9.17) is 19.6 Å². The second-order valence-electron chi connectivity index (χ2n) is 13.5. The largest absolute Gasteiger partial charge is 0.393 e. The number of aliphatic hydroxyl groups excluding tert-OH is 2. The average Bonchev–Trinajstić information content (AvgIpc) is 2.87. The molecule has 0 heterocycles. The van der Waals surface area contributed by atoms with Crippen molar-refractivity contribution < 1.29 is 39.4 Å². The van der Waals surface area contributed by atoms with Crippen molar-refractivity contribution in [3.8, 4) is 0 Å². The fraction of sp³-hybridized carbons (Fsp3) is 0.879. The maximum Gasteiger partial charge on any atom is 0.346 e. The number of carbonyl (C=O) groups excluding carboxylic acids is 2. The maximum atomic E-state index is 13.1. The second kappa shape index (κ2) is 19.7. The van der Waals surface area contributed by atoms with Crippen LogP contribution < -0.4 is 0 Å². The molecule has 0 spiro atoms. The van der Waals surface area contributed by atoms with Crippen molar-refractivity contribution >= 4 is 11.9 Å². The van der Waals surface area contributed by atoms with E-state index in [0.29, 0.717) is 25.2 Å². The summed E-state index contributed by atoms with van der Waals surface area (Å²) in [6.45, 7) is 12.8. The van der Waals surface area contributed by atoms with Crippen LogP contribution in [0.4, 0.5) is 0 Å². The van der Waals surface area contributed by atoms with Gasteiger partial charge in [-0.15, -0.1) is 0 Å². The lowest BCUT2D eigenvalue weighted by Gasteiger charge is -2.31. The molecule has 1 aliphatic carbocycles. The van der Waals surface area contributed by atoms with Gasteiger partial charge in [-0.3, -0.25) is 9.78 Å². The van der Waals surface area contributed by atoms with Crippen LogP contribution in [-0.2, 0) is 29.1 Å². The average molecular weight is 585 g/mol. The Labute approximate surface area is 249 Å². The van der Waals surface area contributed by atoms with Crippen LogP contribution >= 0.6 is 0 Å². The molecule has 1 rings (SSSR count). The highest BCUT2D eigenvalue weighted by Crippen LogP contribution is 2.36. The molecule has 41 heavy (non-hydrogen) atoms. The van der Waals surface area contributed by atoms with Crippen LogP contribution in [0.15, 0.2) is 12.2 Å². The minimum absolute atomic E-state index is 0.140. The molecule has 5 atom stereocenters. The van der Waals surface area contributed by atoms with Gasteiger partial charge in [-0.25, -0.2) is 9.59 Å². The second-order valence-corrected chi connectivity index (χ2v) is 13.5. The third-order valence-corrected chi connectivity index (χ3v) is 7.64. The fourth-order valence-corrected chi connectivity index (χ4v) is 5.72. The quantitative estimate of drug-likeness (QED) is 0.0581. The first-order valence-electron chi connectivity index (χ1n) is 16.1. The lowest BCUT2D eigenvalue weighted by Crippen LogP contribution is -2.34. The van der Waals surface area contributed by atoms with Gasteiger partial charge in [0, 0.05) is 19.3 Å². The Hall–Kier alpha value is -1.48. The zero-order chi connectivity index (χ0) is 30.9. The molecule has 2 N–H and O–H groups in total. The van der Waals surface area contributed by atoms with Gasteiger partial charge in [0.15, 0.2) is 0 Å². The highest BCUT2D eigenvalue weighted by atomic mass is 17.2. The molecule has 8 nitrogen and oxygen atoms in total. The Bertz CT molecular complexity index is 758. The standard InChI is InChI=1S/C33H60O8/c1-8-9-14-17-27-20-21-28(29(22-27)31(37)39-41-33(6,7)24-26(3)35)18-15-12-10-11-13-16-19-30(36)38-40-32(4,5)23-25(2)34/h20-21,25-29,34-35H,8-19,22-24H2,1-7H3. The van der Waals surface area contributed by atoms with Crippen molar-refractivity contribution in [2.45, 2.75) is 168 Å². The lowest BCUT2D eigenvalue weighted by atomic mass is 9.75. The SMILES string of the molecule is CCCCCC1C=CC(CCCCCCCCC(=O)OOC(C)(C)CC(C)O)C(C(=O)OOC(C)(C)CC(C)O)C1. The summed E-state index contributed by atoms with van der Waals surface area (Å²) in [6, 6.07) is 0. The third kappa shape index (κ3) is 17.9. The van der Waals surface area contributed by atoms with Crippen LogP contribution in [0.2, 0.25) is 0 Å². The van der Waals surface area contributed by atoms with Crippen LogP contribution in [0.3, 0.4) is 0 Å². The molecule has 0 radical (unpaired) electrons. The molecule has 0 bridgehead atoms. The van der Waals surface area contributed by atoms with Crippen molar-refractivity contribution in [2.75, 3.05) is 0 Å². The van der Waals surface area contributed by atoms with Gasteiger partial charge in [0.25, 0.3) is 0 Å². The summed E-state index contributed by atoms with van der Waals surface area (Å²) in [5.41, 5.74) is -1.46. The topological polar surface area (TPSA) is 112 Å². The van der Waals surface area contributed by atoms with Gasteiger partial charge in [0.1, 0.15) is 11.2 Å². The summed E-state index contributed by atoms with van der Waals surface area (Å²) in [6.07, 6.45) is 16.8. The molecule has 0 aromatic rings. The molecule has 0 aromatic heterocycles. The number of hydrogen-bond donors (Lipinski definition) is 2. The van der Waals surface area contributed by atoms with Crippen LogP contribution in [0.25, 0.3) is 0 Å². The number of allylic oxidation sites excluding steroid dienone is 2. The Morgan fingerprint density at radius 3 is 1.90 bits per heavy atom. The first-order chi connectivity index (χ1) is 19.2. The summed E-state index contributed by atoms with van der Waals surface area (Å²) in [5, 5.41) is 19.2. The zero-order valence-corrected chi connectivity index (χ0v) is 27.0. The molecule has 240 valence electrons. The van der Waals surface area contributed by atoms with Crippen molar-refractivity contribution in [3.05, 3.63) is 12.2 Å². The Kier molecular flexibility index (Phi) is 18.0. The van der Waals surface area contributed by atoms with Gasteiger partial charge in [-0.2, -0.15) is 9.78 Å². The summed E-state index contributed by atoms with van der Waals surface area (Å²) >= 11 is 0. The number of hydrogen-bond acceptors (Lipinski definition) is 8. The molecule has 0 aromatic carbocycles. The van der Waals surface area contributed by atoms with E-state index in [9.17, 15) is 19.8 Å². The third-order valence-electron chi connectivity index (χ3n) is 7.64. The minimum Gasteiger partial charge on any atom is -0.393 e. The van der Waals surface area contributed by atoms with Crippen molar-refractivity contribution in [1.82, 2.24) is 0 Å². The highest BCUT2D eigenvalue weighted by molar-refractivity contribution is 5.72. The molecule has 5 unspecified atom stereocenters. The monoisotopic (exact) mass is 584 g/mol. The Balaban J connectivity index is 2.41. The molecular weight excluding hydrogens is 524 g/mol. The van der Waals surface area contributed by atoms with Gasteiger partial charge in [-0.1, -0.05) is 70.4 Å². The van der Waals surface area contributed by atoms with Crippen molar-refractivity contribution in [1.29, 1.82) is 0 Å². The normalized spacial score (nSPS) is 21.0. The Morgan fingerprint density at radius 1 is 0.780 bits per heavy atom. The van der Waals surface area contributed by atoms with E-state index in [0.717, 1.165) is 57.8 Å². The summed E-state index contributed by atoms with van der Waals surface area (Å²) in [5.74, 6) is -0.364. The molecule has 0 saturated carbocycles. The summed E-state index contributed by atoms with van der Waals surface area (Å²) in [4.78, 5) is 46.0. The number of rotatable bonds is 22. The van der Waals surface area contributed by atoms with Crippen molar-refractivity contribution in [2.24, 2.45) is 17.8 Å². The van der Waals surface area contributed by atoms with E-state index in [1.54, 1.807) is 27.7 Å². The highest BCUT2D eigenvalue weighted by Gasteiger charge is 2.35. The molecule has 0 amide bonds. The van der Waals surface area contributed by atoms with E-state index in [2.05, 4.69) is 19.1 Å². The number of carbonyl (C=O) groups is 2. The lowest BCUT2D eigenvalue weighted by molar-refractivity contribution is -0.332. The summed E-state index contributed by atoms with van der Waals surface area (Å²) < 4.78 is 0. The van der Waals surface area contributed by atoms with Gasteiger partial charge in [-0.05, 0) is 79.1 Å². The molecule has 0 aliphatic heterocycles. The van der Waals surface area contributed by atoms with E-state index in [-0.39, 0.29) is 23.8 Å². The van der Waals surface area contributed by atoms with Gasteiger partial charge < -0.3 is 10.2 Å². The number of unbranched alkanes of at least 4 members (excludes halogenated alkanes) is 7. The number of aliphatic hydroxyl groups is 2. The first-order valence-corrected chi connectivity index (χ1v) is 16.1. The van der Waals surface area contributed by atoms with Gasteiger partial charge >= 0.3 is 11.9 Å². The Morgan fingerprint density at radius 2 is 1.32 bits per heavy atom. The molecule has 0 fully saturated rings. The van der Waals surface area contributed by atoms with Gasteiger partial charge in [0.2, 0.25) is 0 Å². The van der Waals surface area contributed by atoms with Crippen LogP contribution in [0.1, 0.15) is 145 Å². The van der Waals surface area contributed by atoms with E-state index in [1.165, 1.54) is 19.3 Å². The first kappa shape index (κ1) is 37.5. The van der Waals surface area contributed by atoms with E-state index < -0.39 is 23.4 Å². The van der Waals surface area contributed by atoms with Gasteiger partial charge in [0.05, 0.1) is 18.1 Å². The molecular formula is C33H60O8. The van der Waals surface area contributed by atoms with Crippen LogP contribution in [0.5, 0.6) is 0 Å². The van der Waals surface area contributed by atoms with Crippen LogP contribution in [-0.4, -0.2) is 45.6 Å². The summed E-state index contributed by atoms with van der Waals surface area (Å²) in [7, 11) is 0. The molecule has 1 aliphatic rings. The predicted molar refractivity (Wildman–Crippen MR) is 160 cm³/mol. The fourth-order valence-electron chi connectivity index (χ4n) is 5.72. The molecule has 8 heteroatoms. The van der Waals surface area contributed by atoms with Crippen molar-refractivity contribution in [3.63, 3.8) is 0 Å². The predicted octanol–water partition coefficient (Wildman–Crippen LogP) is 7.54. The zero-order valence-electron chi connectivity index (χ0n) is 27.0. The van der Waals surface area contributed by atoms with E-state index >= 15 is 0 Å². The molecule has 0 saturated heterocycles. The maximum absolute atomic E-state index is 13.1. The van der Waals surface area contributed by atoms with E-state index in [1.807, 2.05) is 13.8 Å².